The number of nitrogens with zero attached hydrogens (tertiary/aromatic N) is 4. The first-order chi connectivity index (χ1) is 16.7. The standard InChI is InChI=1S/C24H22N4O7/c29-21(12-13-22(30)31)26-24(16-6-10-19(11-7-16)28(34)35)20-3-1-2-17(23(20)25-26)14-15-4-8-18(9-5-15)27(32)33/h4-11,14,20,24H,1-3,12-13H2,(H,30,31)/b17-14+/t20-,24-/m0/s1. The molecule has 0 unspecified atom stereocenters. The van der Waals surface area contributed by atoms with Crippen molar-refractivity contribution in [3.05, 3.63) is 85.5 Å². The molecule has 35 heavy (non-hydrogen) atoms. The lowest BCUT2D eigenvalue weighted by Gasteiger charge is -2.29. The maximum absolute atomic E-state index is 13.0. The molecule has 2 aromatic carbocycles. The molecule has 2 aliphatic rings. The molecule has 0 saturated heterocycles. The van der Waals surface area contributed by atoms with E-state index in [0.717, 1.165) is 24.0 Å². The van der Waals surface area contributed by atoms with Crippen LogP contribution in [-0.4, -0.2) is 37.6 Å². The van der Waals surface area contributed by atoms with E-state index in [1.54, 1.807) is 24.3 Å². The monoisotopic (exact) mass is 478 g/mol. The summed E-state index contributed by atoms with van der Waals surface area (Å²) in [6, 6.07) is 11.6. The fourth-order valence-corrected chi connectivity index (χ4v) is 4.56. The smallest absolute Gasteiger partial charge is 0.303 e. The Morgan fingerprint density at radius 1 is 1.00 bits per heavy atom. The van der Waals surface area contributed by atoms with Gasteiger partial charge in [0.1, 0.15) is 0 Å². The molecule has 0 spiro atoms. The van der Waals surface area contributed by atoms with Crippen molar-refractivity contribution in [2.45, 2.75) is 38.1 Å². The average molecular weight is 478 g/mol. The van der Waals surface area contributed by atoms with Crippen LogP contribution in [-0.2, 0) is 9.59 Å². The van der Waals surface area contributed by atoms with Crippen molar-refractivity contribution in [1.29, 1.82) is 0 Å². The number of hydrazone groups is 1. The van der Waals surface area contributed by atoms with Gasteiger partial charge in [0.2, 0.25) is 5.91 Å². The van der Waals surface area contributed by atoms with Crippen molar-refractivity contribution in [3.63, 3.8) is 0 Å². The predicted octanol–water partition coefficient (Wildman–Crippen LogP) is 4.49. The Hall–Kier alpha value is -4.41. The van der Waals surface area contributed by atoms with Crippen LogP contribution >= 0.6 is 0 Å². The van der Waals surface area contributed by atoms with Gasteiger partial charge >= 0.3 is 5.97 Å². The number of fused-ring (bicyclic) bond motifs is 1. The largest absolute Gasteiger partial charge is 0.481 e. The molecule has 0 aromatic heterocycles. The molecule has 180 valence electrons. The first-order valence-corrected chi connectivity index (χ1v) is 11.1. The highest BCUT2D eigenvalue weighted by molar-refractivity contribution is 6.08. The van der Waals surface area contributed by atoms with Crippen LogP contribution < -0.4 is 0 Å². The van der Waals surface area contributed by atoms with Gasteiger partial charge in [0.05, 0.1) is 28.0 Å². The first kappa shape index (κ1) is 23.7. The van der Waals surface area contributed by atoms with Crippen molar-refractivity contribution in [2.24, 2.45) is 11.0 Å². The molecule has 2 atom stereocenters. The summed E-state index contributed by atoms with van der Waals surface area (Å²) in [5.41, 5.74) is 2.97. The number of hydrogen-bond donors (Lipinski definition) is 1. The summed E-state index contributed by atoms with van der Waals surface area (Å²) < 4.78 is 0. The zero-order valence-corrected chi connectivity index (χ0v) is 18.6. The van der Waals surface area contributed by atoms with Gasteiger partial charge in [-0.2, -0.15) is 5.10 Å². The highest BCUT2D eigenvalue weighted by atomic mass is 16.6. The van der Waals surface area contributed by atoms with E-state index in [1.807, 2.05) is 6.08 Å². The number of carbonyl (C=O) groups excluding carboxylic acids is 1. The van der Waals surface area contributed by atoms with Gasteiger partial charge in [-0.05, 0) is 54.2 Å². The van der Waals surface area contributed by atoms with Gasteiger partial charge in [-0.1, -0.05) is 12.1 Å². The third kappa shape index (κ3) is 5.08. The quantitative estimate of drug-likeness (QED) is 0.454. The van der Waals surface area contributed by atoms with Crippen LogP contribution in [0.5, 0.6) is 0 Å². The highest BCUT2D eigenvalue weighted by Gasteiger charge is 2.43. The molecule has 1 aliphatic carbocycles. The van der Waals surface area contributed by atoms with E-state index < -0.39 is 27.8 Å². The average Bonchev–Trinajstić information content (AvgIpc) is 3.23. The lowest BCUT2D eigenvalue weighted by atomic mass is 9.77. The minimum absolute atomic E-state index is 0.0136. The van der Waals surface area contributed by atoms with E-state index in [0.29, 0.717) is 17.7 Å². The van der Waals surface area contributed by atoms with E-state index >= 15 is 0 Å². The second-order valence-corrected chi connectivity index (χ2v) is 8.43. The van der Waals surface area contributed by atoms with E-state index in [-0.39, 0.29) is 30.1 Å². The summed E-state index contributed by atoms with van der Waals surface area (Å²) >= 11 is 0. The molecule has 1 heterocycles. The van der Waals surface area contributed by atoms with Crippen molar-refractivity contribution < 1.29 is 24.5 Å². The fourth-order valence-electron chi connectivity index (χ4n) is 4.56. The van der Waals surface area contributed by atoms with Gasteiger partial charge in [-0.25, -0.2) is 5.01 Å². The molecule has 0 radical (unpaired) electrons. The number of allylic oxidation sites excluding steroid dienone is 1. The number of carbonyl (C=O) groups is 2. The zero-order valence-electron chi connectivity index (χ0n) is 18.6. The van der Waals surface area contributed by atoms with Crippen LogP contribution in [0.3, 0.4) is 0 Å². The number of nitro benzene ring substituents is 2. The summed E-state index contributed by atoms with van der Waals surface area (Å²) in [6.45, 7) is 0. The lowest BCUT2D eigenvalue weighted by molar-refractivity contribution is -0.385. The number of carboxylic acid groups (broad SMARTS) is 1. The van der Waals surface area contributed by atoms with Gasteiger partial charge < -0.3 is 5.11 Å². The summed E-state index contributed by atoms with van der Waals surface area (Å²) in [6.07, 6.45) is 3.61. The maximum atomic E-state index is 13.0. The van der Waals surface area contributed by atoms with E-state index in [1.165, 1.54) is 29.3 Å². The number of rotatable bonds is 7. The molecule has 11 heteroatoms. The maximum Gasteiger partial charge on any atom is 0.303 e. The minimum atomic E-state index is -1.09. The minimum Gasteiger partial charge on any atom is -0.481 e. The SMILES string of the molecule is O=C(O)CCC(=O)N1N=C2/C(=C/c3ccc([N+](=O)[O-])cc3)CCC[C@@H]2[C@@H]1c1ccc([N+](=O)[O-])cc1. The van der Waals surface area contributed by atoms with Crippen LogP contribution in [0.1, 0.15) is 49.3 Å². The van der Waals surface area contributed by atoms with E-state index in [2.05, 4.69) is 5.10 Å². The molecule has 4 rings (SSSR count). The molecule has 1 N–H and O–H groups in total. The normalized spacial score (nSPS) is 20.3. The molecular weight excluding hydrogens is 456 g/mol. The van der Waals surface area contributed by atoms with E-state index in [9.17, 15) is 29.8 Å². The number of benzene rings is 2. The van der Waals surface area contributed by atoms with Crippen LogP contribution in [0.2, 0.25) is 0 Å². The van der Waals surface area contributed by atoms with Gasteiger partial charge in [0.15, 0.2) is 0 Å². The predicted molar refractivity (Wildman–Crippen MR) is 125 cm³/mol. The lowest BCUT2D eigenvalue weighted by Crippen LogP contribution is -2.32. The van der Waals surface area contributed by atoms with Gasteiger partial charge in [-0.3, -0.25) is 29.8 Å². The number of amides is 1. The second kappa shape index (κ2) is 9.84. The molecule has 11 nitrogen and oxygen atoms in total. The summed E-state index contributed by atoms with van der Waals surface area (Å²) in [5, 5.41) is 37.0. The van der Waals surface area contributed by atoms with Crippen molar-refractivity contribution in [3.8, 4) is 0 Å². The highest BCUT2D eigenvalue weighted by Crippen LogP contribution is 2.45. The van der Waals surface area contributed by atoms with Crippen LogP contribution in [0.4, 0.5) is 11.4 Å². The Morgan fingerprint density at radius 2 is 1.60 bits per heavy atom. The summed E-state index contributed by atoms with van der Waals surface area (Å²) in [4.78, 5) is 45.0. The Morgan fingerprint density at radius 3 is 2.17 bits per heavy atom. The Kier molecular flexibility index (Phi) is 6.67. The van der Waals surface area contributed by atoms with Gasteiger partial charge in [-0.15, -0.1) is 0 Å². The number of non-ortho nitro benzene ring substituents is 2. The zero-order chi connectivity index (χ0) is 25.1. The molecule has 1 amide bonds. The molecule has 1 aliphatic heterocycles. The molecule has 1 fully saturated rings. The second-order valence-electron chi connectivity index (χ2n) is 8.43. The number of carboxylic acids is 1. The molecule has 1 saturated carbocycles. The first-order valence-electron chi connectivity index (χ1n) is 11.1. The third-order valence-corrected chi connectivity index (χ3v) is 6.20. The molecule has 2 aromatic rings. The number of aliphatic carboxylic acids is 1. The Labute approximate surface area is 199 Å². The Balaban J connectivity index is 1.69. The third-order valence-electron chi connectivity index (χ3n) is 6.20. The molecule has 0 bridgehead atoms. The van der Waals surface area contributed by atoms with Crippen molar-refractivity contribution >= 4 is 35.0 Å². The Bertz CT molecular complexity index is 1240. The van der Waals surface area contributed by atoms with Crippen molar-refractivity contribution in [2.75, 3.05) is 0 Å². The summed E-state index contributed by atoms with van der Waals surface area (Å²) in [5.74, 6) is -1.69. The fraction of sp³-hybridized carbons (Fsp3) is 0.292. The van der Waals surface area contributed by atoms with Gasteiger partial charge in [0.25, 0.3) is 11.4 Å². The number of hydrogen-bond acceptors (Lipinski definition) is 7. The summed E-state index contributed by atoms with van der Waals surface area (Å²) in [7, 11) is 0. The van der Waals surface area contributed by atoms with E-state index in [4.69, 9.17) is 5.11 Å². The van der Waals surface area contributed by atoms with Gasteiger partial charge in [0, 0.05) is 36.6 Å². The van der Waals surface area contributed by atoms with Crippen LogP contribution in [0.25, 0.3) is 6.08 Å². The van der Waals surface area contributed by atoms with Crippen LogP contribution in [0, 0.1) is 26.1 Å². The topological polar surface area (TPSA) is 156 Å². The number of nitro groups is 2. The molecular formula is C24H22N4O7. The van der Waals surface area contributed by atoms with Crippen molar-refractivity contribution in [1.82, 2.24) is 5.01 Å². The van der Waals surface area contributed by atoms with Crippen LogP contribution in [0.15, 0.2) is 59.2 Å².